The van der Waals surface area contributed by atoms with E-state index in [4.69, 9.17) is 75.8 Å². The molecule has 7 N–H and O–H groups in total. The highest BCUT2D eigenvalue weighted by molar-refractivity contribution is 7.91. The second-order valence-electron chi connectivity index (χ2n) is 28.2. The Morgan fingerprint density at radius 2 is 0.731 bits per heavy atom. The van der Waals surface area contributed by atoms with E-state index in [1.807, 2.05) is 6.07 Å². The van der Waals surface area contributed by atoms with Crippen LogP contribution in [0.2, 0.25) is 0 Å². The molecule has 0 aliphatic carbocycles. The smallest absolute Gasteiger partial charge is 0.306 e. The summed E-state index contributed by atoms with van der Waals surface area (Å²) in [5.74, 6) is -14.9. The van der Waals surface area contributed by atoms with Crippen molar-refractivity contribution in [3.63, 3.8) is 0 Å². The molecule has 0 aromatic heterocycles. The van der Waals surface area contributed by atoms with Crippen molar-refractivity contribution < 1.29 is 166 Å². The summed E-state index contributed by atoms with van der Waals surface area (Å²) in [5, 5.41) is 18.1. The number of amides is 7. The van der Waals surface area contributed by atoms with E-state index < -0.39 is 253 Å². The molecule has 668 valence electrons. The molecule has 3 saturated heterocycles. The molecule has 3 fully saturated rings. The minimum atomic E-state index is -4.63. The van der Waals surface area contributed by atoms with E-state index in [0.717, 1.165) is 88.6 Å². The standard InChI is InChI=1S/C76H113N7O35S/c1-42(84)79-64-70(113-51(10)93)67(110-48(7)90)57(37-106-45(4)87)116-74(64)103-32-22-18-27-60(96)78-35-55(82-61(97)28-19-23-33-104-75-65(80-43(2)85)71(114-52(11)94)68(111-49(8)91)58(117-75)38-107-46(5)88)40-119(101,102)41-56(73(100)77-31-21-14-17-30-63(99)109-36-54-25-15-13-16-26-54)83-62(98)29-20-24-34-105-76-66(81-44(3)86)72(115-53(12)95)69(112-50(9)92)59(118-76)39-108-47(6)89/h13,15-16,25-26,55-59,64-72,74-76H,14,17-24,27-41H2,1-12H3,(H,77,100)(H,78,96)(H,79,84)(H,80,85)(H,81,86)(H,82,97)(H,83,98)/t55-,56-,57+,58+,59+,64+,65+,66+,67-,68-,69-,70+,71+,72+,74+,75+,76+/m0/s1. The maximum absolute atomic E-state index is 14.6. The Balaban J connectivity index is 1.59. The van der Waals surface area contributed by atoms with Crippen molar-refractivity contribution in [2.75, 3.05) is 64.2 Å². The molecule has 1 aromatic carbocycles. The van der Waals surface area contributed by atoms with Gasteiger partial charge in [-0.25, -0.2) is 8.42 Å². The predicted octanol–water partition coefficient (Wildman–Crippen LogP) is -0.564. The number of hydrogen-bond acceptors (Lipinski definition) is 35. The number of esters is 10. The third-order valence-corrected chi connectivity index (χ3v) is 19.2. The SMILES string of the molecule is CC(=O)N[C@H]1[C@H](OCCCCC(=O)NC[C@@H](CS(=O)(=O)C[C@H](NC(=O)CCCCO[C@@H]2O[C@H](COC(C)=O)[C@H](OC(C)=O)[C@H](OC(C)=O)[C@H]2NC(C)=O)C(=O)NCCCCCC(=O)OCc2ccccc2)NC(=O)CCCCO[C@@H]2O[C@H](COC(C)=O)[C@H](OC(C)=O)[C@H](OC(C)=O)[C@H]2NC(C)=O)O[C@H](COC(C)=O)[C@H](OC(C)=O)[C@@H]1OC(C)=O. The normalized spacial score (nSPS) is 23.1. The van der Waals surface area contributed by atoms with Crippen molar-refractivity contribution in [1.29, 1.82) is 0 Å². The summed E-state index contributed by atoms with van der Waals surface area (Å²) >= 11 is 0. The first-order valence-electron chi connectivity index (χ1n) is 38.8. The Bertz CT molecular complexity index is 3700. The van der Waals surface area contributed by atoms with Gasteiger partial charge in [0.25, 0.3) is 0 Å². The third-order valence-electron chi connectivity index (χ3n) is 17.5. The summed E-state index contributed by atoms with van der Waals surface area (Å²) in [6.07, 6.45) is -16.4. The number of nitrogens with one attached hydrogen (secondary N) is 7. The molecule has 0 bridgehead atoms. The van der Waals surface area contributed by atoms with Crippen LogP contribution in [0.3, 0.4) is 0 Å². The van der Waals surface area contributed by atoms with Gasteiger partial charge in [-0.2, -0.15) is 0 Å². The summed E-state index contributed by atoms with van der Waals surface area (Å²) in [4.78, 5) is 216. The van der Waals surface area contributed by atoms with Crippen molar-refractivity contribution in [3.05, 3.63) is 35.9 Å². The minimum Gasteiger partial charge on any atom is -0.463 e. The average Bonchev–Trinajstić information content (AvgIpc) is 0.796. The van der Waals surface area contributed by atoms with Gasteiger partial charge in [-0.1, -0.05) is 36.8 Å². The largest absolute Gasteiger partial charge is 0.463 e. The van der Waals surface area contributed by atoms with Crippen molar-refractivity contribution in [2.24, 2.45) is 0 Å². The third kappa shape index (κ3) is 40.0. The minimum absolute atomic E-state index is 0.00487. The zero-order valence-electron chi connectivity index (χ0n) is 68.9. The van der Waals surface area contributed by atoms with Crippen molar-refractivity contribution in [3.8, 4) is 0 Å². The molecule has 7 amide bonds. The molecule has 0 unspecified atom stereocenters. The van der Waals surface area contributed by atoms with E-state index in [9.17, 15) is 89.9 Å². The van der Waals surface area contributed by atoms with Crippen LogP contribution in [-0.2, 0) is 174 Å². The van der Waals surface area contributed by atoms with Crippen LogP contribution in [0, 0.1) is 0 Å². The Labute approximate surface area is 688 Å². The fraction of sp³-hybridized carbons (Fsp3) is 0.697. The lowest BCUT2D eigenvalue weighted by molar-refractivity contribution is -0.277. The predicted molar refractivity (Wildman–Crippen MR) is 405 cm³/mol. The number of hydrogen-bond donors (Lipinski definition) is 7. The number of unbranched alkanes of at least 4 members (excludes halogenated alkanes) is 5. The van der Waals surface area contributed by atoms with Crippen LogP contribution >= 0.6 is 0 Å². The van der Waals surface area contributed by atoms with E-state index in [1.54, 1.807) is 24.3 Å². The first kappa shape index (κ1) is 101. The lowest BCUT2D eigenvalue weighted by atomic mass is 9.96. The average molecular weight is 1720 g/mol. The van der Waals surface area contributed by atoms with Crippen LogP contribution in [0.25, 0.3) is 0 Å². The molecule has 3 aliphatic heterocycles. The fourth-order valence-corrected chi connectivity index (χ4v) is 14.3. The zero-order chi connectivity index (χ0) is 88.5. The highest BCUT2D eigenvalue weighted by atomic mass is 32.2. The van der Waals surface area contributed by atoms with Gasteiger partial charge in [-0.05, 0) is 56.9 Å². The summed E-state index contributed by atoms with van der Waals surface area (Å²) in [6.45, 7) is 10.4. The Morgan fingerprint density at radius 1 is 0.378 bits per heavy atom. The number of carbonyl (C=O) groups is 17. The summed E-state index contributed by atoms with van der Waals surface area (Å²) in [6, 6.07) is 1.80. The van der Waals surface area contributed by atoms with Gasteiger partial charge < -0.3 is 113 Å². The van der Waals surface area contributed by atoms with Gasteiger partial charge in [0.1, 0.15) is 68.9 Å². The van der Waals surface area contributed by atoms with E-state index in [1.165, 1.54) is 0 Å². The van der Waals surface area contributed by atoms with Gasteiger partial charge in [-0.3, -0.25) is 81.5 Å². The number of ether oxygens (including phenoxy) is 16. The number of sulfone groups is 1. The van der Waals surface area contributed by atoms with Gasteiger partial charge in [0.2, 0.25) is 41.4 Å². The summed E-state index contributed by atoms with van der Waals surface area (Å²) in [5.41, 5.74) is 0.782. The molecule has 42 nitrogen and oxygen atoms in total. The Morgan fingerprint density at radius 3 is 1.09 bits per heavy atom. The van der Waals surface area contributed by atoms with Crippen molar-refractivity contribution >= 4 is 111 Å². The second kappa shape index (κ2) is 52.8. The first-order valence-corrected chi connectivity index (χ1v) is 40.6. The van der Waals surface area contributed by atoms with Gasteiger partial charge in [0.05, 0.1) is 17.5 Å². The number of benzene rings is 1. The molecule has 0 radical (unpaired) electrons. The van der Waals surface area contributed by atoms with E-state index >= 15 is 0 Å². The van der Waals surface area contributed by atoms with E-state index in [2.05, 4.69) is 37.2 Å². The molecule has 3 aliphatic rings. The Kier molecular flexibility index (Phi) is 44.9. The summed E-state index contributed by atoms with van der Waals surface area (Å²) < 4.78 is 119. The first-order chi connectivity index (χ1) is 56.2. The summed E-state index contributed by atoms with van der Waals surface area (Å²) in [7, 11) is -4.63. The van der Waals surface area contributed by atoms with Crippen LogP contribution in [0.5, 0.6) is 0 Å². The molecule has 3 heterocycles. The van der Waals surface area contributed by atoms with Gasteiger partial charge in [-0.15, -0.1) is 0 Å². The molecular formula is C76H113N7O35S. The lowest BCUT2D eigenvalue weighted by Crippen LogP contribution is -2.66. The molecule has 0 spiro atoms. The number of carbonyl (C=O) groups excluding carboxylic acids is 17. The van der Waals surface area contributed by atoms with Crippen LogP contribution in [0.15, 0.2) is 30.3 Å². The van der Waals surface area contributed by atoms with Gasteiger partial charge in [0.15, 0.2) is 65.3 Å². The quantitative estimate of drug-likeness (QED) is 0.0244. The zero-order valence-corrected chi connectivity index (χ0v) is 69.7. The van der Waals surface area contributed by atoms with Crippen molar-refractivity contribution in [2.45, 2.75) is 277 Å². The van der Waals surface area contributed by atoms with Gasteiger partial charge in [0, 0.05) is 142 Å². The highest BCUT2D eigenvalue weighted by Gasteiger charge is 2.54. The molecule has 4 rings (SSSR count). The maximum Gasteiger partial charge on any atom is 0.306 e. The maximum atomic E-state index is 14.6. The number of rotatable bonds is 50. The lowest BCUT2D eigenvalue weighted by Gasteiger charge is -2.44. The highest BCUT2D eigenvalue weighted by Crippen LogP contribution is 2.32. The molecule has 0 saturated carbocycles. The fourth-order valence-electron chi connectivity index (χ4n) is 12.6. The van der Waals surface area contributed by atoms with Crippen LogP contribution in [0.1, 0.15) is 172 Å². The van der Waals surface area contributed by atoms with Gasteiger partial charge >= 0.3 is 59.7 Å². The van der Waals surface area contributed by atoms with Crippen molar-refractivity contribution in [1.82, 2.24) is 37.2 Å². The Hall–Kier alpha value is -10.1. The van der Waals surface area contributed by atoms with E-state index in [-0.39, 0.29) is 104 Å². The monoisotopic (exact) mass is 1720 g/mol. The molecule has 1 aromatic rings. The van der Waals surface area contributed by atoms with Crippen LogP contribution < -0.4 is 37.2 Å². The topological polar surface area (TPSA) is 556 Å². The second-order valence-corrected chi connectivity index (χ2v) is 30.3. The van der Waals surface area contributed by atoms with E-state index in [0.29, 0.717) is 12.8 Å². The van der Waals surface area contributed by atoms with Crippen LogP contribution in [0.4, 0.5) is 0 Å². The molecular weight excluding hydrogens is 1600 g/mol. The van der Waals surface area contributed by atoms with Crippen LogP contribution in [-0.4, -0.2) is 278 Å². The molecule has 43 heteroatoms. The molecule has 17 atom stereocenters. The molecule has 119 heavy (non-hydrogen) atoms.